The molecule has 0 unspecified atom stereocenters. The molecule has 4 nitrogen and oxygen atoms in total. The van der Waals surface area contributed by atoms with Gasteiger partial charge in [0.15, 0.2) is 0 Å². The van der Waals surface area contributed by atoms with Crippen LogP contribution in [0.4, 0.5) is 11.4 Å². The van der Waals surface area contributed by atoms with E-state index < -0.39 is 10.0 Å². The number of benzene rings is 2. The van der Waals surface area contributed by atoms with E-state index in [0.717, 1.165) is 24.2 Å². The number of anilines is 2. The molecule has 2 N–H and O–H groups in total. The van der Waals surface area contributed by atoms with Crippen molar-refractivity contribution in [1.82, 2.24) is 0 Å². The van der Waals surface area contributed by atoms with E-state index in [1.54, 1.807) is 24.3 Å². The Bertz CT molecular complexity index is 737. The van der Waals surface area contributed by atoms with E-state index in [2.05, 4.69) is 10.0 Å². The first-order chi connectivity index (χ1) is 9.54. The molecule has 5 heteroatoms. The predicted octanol–water partition coefficient (Wildman–Crippen LogP) is 2.76. The van der Waals surface area contributed by atoms with Gasteiger partial charge in [0, 0.05) is 17.9 Å². The van der Waals surface area contributed by atoms with Crippen molar-refractivity contribution in [2.24, 2.45) is 0 Å². The molecule has 0 bridgehead atoms. The summed E-state index contributed by atoms with van der Waals surface area (Å²) in [5.74, 6) is 0. The fourth-order valence-corrected chi connectivity index (χ4v) is 3.36. The van der Waals surface area contributed by atoms with Crippen LogP contribution in [-0.4, -0.2) is 15.0 Å². The van der Waals surface area contributed by atoms with Gasteiger partial charge in [-0.1, -0.05) is 23.8 Å². The van der Waals surface area contributed by atoms with Crippen molar-refractivity contribution < 1.29 is 8.42 Å². The summed E-state index contributed by atoms with van der Waals surface area (Å²) in [6.45, 7) is 2.83. The fourth-order valence-electron chi connectivity index (χ4n) is 2.27. The van der Waals surface area contributed by atoms with Crippen LogP contribution >= 0.6 is 0 Å². The Balaban J connectivity index is 1.90. The second-order valence-electron chi connectivity index (χ2n) is 4.97. The highest BCUT2D eigenvalue weighted by atomic mass is 32.2. The standard InChI is InChI=1S/C15H16N2O2S/c1-11-2-5-13(6-3-11)17-20(18,19)14-7-4-12-8-9-16-15(12)10-14/h2-7,10,16-17H,8-9H2,1H3. The molecule has 0 radical (unpaired) electrons. The Hall–Kier alpha value is -2.01. The largest absolute Gasteiger partial charge is 0.384 e. The smallest absolute Gasteiger partial charge is 0.261 e. The van der Waals surface area contributed by atoms with E-state index in [1.165, 1.54) is 5.56 Å². The Labute approximate surface area is 118 Å². The molecule has 0 amide bonds. The molecule has 0 aromatic heterocycles. The minimum atomic E-state index is -3.54. The second kappa shape index (κ2) is 4.83. The third-order valence-electron chi connectivity index (χ3n) is 3.41. The normalized spacial score (nSPS) is 13.7. The molecule has 0 spiro atoms. The molecule has 2 aromatic carbocycles. The molecule has 104 valence electrons. The number of hydrogen-bond donors (Lipinski definition) is 2. The van der Waals surface area contributed by atoms with Crippen molar-refractivity contribution in [2.75, 3.05) is 16.6 Å². The minimum absolute atomic E-state index is 0.284. The summed E-state index contributed by atoms with van der Waals surface area (Å²) in [4.78, 5) is 0.284. The zero-order valence-electron chi connectivity index (χ0n) is 11.2. The Morgan fingerprint density at radius 3 is 2.60 bits per heavy atom. The van der Waals surface area contributed by atoms with Crippen LogP contribution in [-0.2, 0) is 16.4 Å². The molecule has 0 atom stereocenters. The first-order valence-corrected chi connectivity index (χ1v) is 7.99. The lowest BCUT2D eigenvalue weighted by Gasteiger charge is -2.09. The Kier molecular flexibility index (Phi) is 3.14. The third-order valence-corrected chi connectivity index (χ3v) is 4.78. The first-order valence-electron chi connectivity index (χ1n) is 6.51. The van der Waals surface area contributed by atoms with Gasteiger partial charge in [-0.2, -0.15) is 0 Å². The van der Waals surface area contributed by atoms with Crippen LogP contribution < -0.4 is 10.0 Å². The maximum Gasteiger partial charge on any atom is 0.261 e. The average molecular weight is 288 g/mol. The van der Waals surface area contributed by atoms with E-state index >= 15 is 0 Å². The minimum Gasteiger partial charge on any atom is -0.384 e. The lowest BCUT2D eigenvalue weighted by molar-refractivity contribution is 0.601. The second-order valence-corrected chi connectivity index (χ2v) is 6.65. The van der Waals surface area contributed by atoms with E-state index in [-0.39, 0.29) is 4.90 Å². The van der Waals surface area contributed by atoms with Gasteiger partial charge in [0.25, 0.3) is 10.0 Å². The van der Waals surface area contributed by atoms with E-state index in [9.17, 15) is 8.42 Å². The van der Waals surface area contributed by atoms with Crippen molar-refractivity contribution >= 4 is 21.4 Å². The predicted molar refractivity (Wildman–Crippen MR) is 80.6 cm³/mol. The summed E-state index contributed by atoms with van der Waals surface area (Å²) in [5.41, 5.74) is 3.75. The van der Waals surface area contributed by atoms with Crippen LogP contribution in [0.15, 0.2) is 47.4 Å². The zero-order chi connectivity index (χ0) is 14.2. The van der Waals surface area contributed by atoms with Gasteiger partial charge < -0.3 is 5.32 Å². The van der Waals surface area contributed by atoms with Crippen molar-refractivity contribution in [3.63, 3.8) is 0 Å². The molecule has 1 heterocycles. The fraction of sp³-hybridized carbons (Fsp3) is 0.200. The van der Waals surface area contributed by atoms with Crippen molar-refractivity contribution in [2.45, 2.75) is 18.2 Å². The molecule has 0 fully saturated rings. The number of sulfonamides is 1. The lowest BCUT2D eigenvalue weighted by atomic mass is 10.2. The van der Waals surface area contributed by atoms with Gasteiger partial charge in [-0.05, 0) is 43.2 Å². The van der Waals surface area contributed by atoms with Gasteiger partial charge in [0.1, 0.15) is 0 Å². The van der Waals surface area contributed by atoms with Gasteiger partial charge in [-0.3, -0.25) is 4.72 Å². The van der Waals surface area contributed by atoms with E-state index in [0.29, 0.717) is 5.69 Å². The third kappa shape index (κ3) is 2.49. The van der Waals surface area contributed by atoms with Gasteiger partial charge >= 0.3 is 0 Å². The number of fused-ring (bicyclic) bond motifs is 1. The zero-order valence-corrected chi connectivity index (χ0v) is 12.0. The summed E-state index contributed by atoms with van der Waals surface area (Å²) in [5, 5.41) is 3.19. The summed E-state index contributed by atoms with van der Waals surface area (Å²) in [6, 6.07) is 12.5. The number of aryl methyl sites for hydroxylation is 1. The number of nitrogens with one attached hydrogen (secondary N) is 2. The molecule has 0 aliphatic carbocycles. The van der Waals surface area contributed by atoms with Crippen LogP contribution in [0.2, 0.25) is 0 Å². The highest BCUT2D eigenvalue weighted by molar-refractivity contribution is 7.92. The van der Waals surface area contributed by atoms with Gasteiger partial charge in [-0.15, -0.1) is 0 Å². The van der Waals surface area contributed by atoms with Gasteiger partial charge in [0.05, 0.1) is 4.90 Å². The molecule has 1 aliphatic heterocycles. The molecule has 20 heavy (non-hydrogen) atoms. The van der Waals surface area contributed by atoms with Crippen LogP contribution in [0.25, 0.3) is 0 Å². The summed E-state index contributed by atoms with van der Waals surface area (Å²) in [6.07, 6.45) is 0.945. The van der Waals surface area contributed by atoms with Crippen LogP contribution in [0.1, 0.15) is 11.1 Å². The van der Waals surface area contributed by atoms with Crippen molar-refractivity contribution in [3.8, 4) is 0 Å². The molecular formula is C15H16N2O2S. The van der Waals surface area contributed by atoms with Gasteiger partial charge in [-0.25, -0.2) is 8.42 Å². The van der Waals surface area contributed by atoms with Crippen molar-refractivity contribution in [3.05, 3.63) is 53.6 Å². The monoisotopic (exact) mass is 288 g/mol. The van der Waals surface area contributed by atoms with E-state index in [1.807, 2.05) is 25.1 Å². The average Bonchev–Trinajstić information content (AvgIpc) is 2.88. The molecular weight excluding hydrogens is 272 g/mol. The summed E-state index contributed by atoms with van der Waals surface area (Å²) in [7, 11) is -3.54. The quantitative estimate of drug-likeness (QED) is 0.913. The molecule has 2 aromatic rings. The summed E-state index contributed by atoms with van der Waals surface area (Å²) < 4.78 is 27.3. The van der Waals surface area contributed by atoms with E-state index in [4.69, 9.17) is 0 Å². The maximum absolute atomic E-state index is 12.3. The lowest BCUT2D eigenvalue weighted by Crippen LogP contribution is -2.13. The summed E-state index contributed by atoms with van der Waals surface area (Å²) >= 11 is 0. The highest BCUT2D eigenvalue weighted by Crippen LogP contribution is 2.26. The molecule has 0 saturated carbocycles. The Morgan fingerprint density at radius 1 is 1.10 bits per heavy atom. The first kappa shape index (κ1) is 13.0. The highest BCUT2D eigenvalue weighted by Gasteiger charge is 2.18. The number of rotatable bonds is 3. The van der Waals surface area contributed by atoms with Gasteiger partial charge in [0.2, 0.25) is 0 Å². The topological polar surface area (TPSA) is 58.2 Å². The number of hydrogen-bond acceptors (Lipinski definition) is 3. The maximum atomic E-state index is 12.3. The van der Waals surface area contributed by atoms with Crippen LogP contribution in [0.3, 0.4) is 0 Å². The van der Waals surface area contributed by atoms with Crippen molar-refractivity contribution in [1.29, 1.82) is 0 Å². The van der Waals surface area contributed by atoms with Crippen LogP contribution in [0, 0.1) is 6.92 Å². The molecule has 1 aliphatic rings. The van der Waals surface area contributed by atoms with Crippen LogP contribution in [0.5, 0.6) is 0 Å². The Morgan fingerprint density at radius 2 is 1.85 bits per heavy atom. The SMILES string of the molecule is Cc1ccc(NS(=O)(=O)c2ccc3c(c2)NCC3)cc1. The molecule has 0 saturated heterocycles. The molecule has 3 rings (SSSR count).